The fourth-order valence-electron chi connectivity index (χ4n) is 1.03. The zero-order valence-corrected chi connectivity index (χ0v) is 9.76. The Morgan fingerprint density at radius 2 is 1.93 bits per heavy atom. The van der Waals surface area contributed by atoms with Crippen LogP contribution in [0.15, 0.2) is 22.7 Å². The molecule has 1 aromatic carbocycles. The van der Waals surface area contributed by atoms with E-state index in [4.69, 9.17) is 9.47 Å². The van der Waals surface area contributed by atoms with Crippen LogP contribution >= 0.6 is 15.9 Å². The maximum Gasteiger partial charge on any atom is 0.162 e. The van der Waals surface area contributed by atoms with Gasteiger partial charge in [0, 0.05) is 4.47 Å². The molecule has 0 aromatic heterocycles. The zero-order valence-electron chi connectivity index (χ0n) is 8.17. The molecule has 0 bridgehead atoms. The van der Waals surface area contributed by atoms with Gasteiger partial charge in [0.2, 0.25) is 0 Å². The highest BCUT2D eigenvalue weighted by atomic mass is 79.9. The average molecular weight is 281 g/mol. The Bertz CT molecular complexity index is 316. The lowest BCUT2D eigenvalue weighted by Gasteiger charge is -2.15. The van der Waals surface area contributed by atoms with Gasteiger partial charge in [-0.2, -0.15) is 0 Å². The van der Waals surface area contributed by atoms with Gasteiger partial charge in [-0.25, -0.2) is 8.78 Å². The second-order valence-electron chi connectivity index (χ2n) is 2.84. The van der Waals surface area contributed by atoms with Gasteiger partial charge in [-0.3, -0.25) is 0 Å². The molecular formula is C10H11BrF2O2. The largest absolute Gasteiger partial charge is 0.493 e. The summed E-state index contributed by atoms with van der Waals surface area (Å²) in [5.41, 5.74) is 0. The number of hydrogen-bond acceptors (Lipinski definition) is 2. The second-order valence-corrected chi connectivity index (χ2v) is 3.76. The van der Waals surface area contributed by atoms with Gasteiger partial charge in [-0.1, -0.05) is 15.9 Å². The van der Waals surface area contributed by atoms with Crippen molar-refractivity contribution in [3.8, 4) is 11.5 Å². The molecule has 0 spiro atoms. The number of benzene rings is 1. The Hall–Kier alpha value is -0.840. The number of alkyl halides is 2. The fourth-order valence-corrected chi connectivity index (χ4v) is 1.37. The Balaban J connectivity index is 2.86. The smallest absolute Gasteiger partial charge is 0.162 e. The molecule has 84 valence electrons. The SMILES string of the molecule is COc1ccc(Br)cc1OC(CF)CF. The van der Waals surface area contributed by atoms with Crippen molar-refractivity contribution in [2.45, 2.75) is 6.10 Å². The Morgan fingerprint density at radius 1 is 1.27 bits per heavy atom. The molecular weight excluding hydrogens is 270 g/mol. The molecule has 0 fully saturated rings. The van der Waals surface area contributed by atoms with Crippen molar-refractivity contribution in [2.75, 3.05) is 20.5 Å². The highest BCUT2D eigenvalue weighted by Crippen LogP contribution is 2.31. The fraction of sp³-hybridized carbons (Fsp3) is 0.400. The van der Waals surface area contributed by atoms with Crippen molar-refractivity contribution < 1.29 is 18.3 Å². The van der Waals surface area contributed by atoms with Crippen LogP contribution in [-0.2, 0) is 0 Å². The number of methoxy groups -OCH3 is 1. The maximum atomic E-state index is 12.3. The van der Waals surface area contributed by atoms with Gasteiger partial charge in [0.15, 0.2) is 17.6 Å². The molecule has 5 heteroatoms. The summed E-state index contributed by atoms with van der Waals surface area (Å²) in [7, 11) is 1.47. The lowest BCUT2D eigenvalue weighted by atomic mass is 10.3. The first-order chi connectivity index (χ1) is 7.21. The highest BCUT2D eigenvalue weighted by Gasteiger charge is 2.13. The Morgan fingerprint density at radius 3 is 2.47 bits per heavy atom. The van der Waals surface area contributed by atoms with Crippen LogP contribution in [0, 0.1) is 0 Å². The Kier molecular flexibility index (Phi) is 4.81. The molecule has 0 aliphatic carbocycles. The molecule has 0 heterocycles. The second kappa shape index (κ2) is 5.90. The summed E-state index contributed by atoms with van der Waals surface area (Å²) in [6.45, 7) is -1.74. The van der Waals surface area contributed by atoms with Gasteiger partial charge in [0.25, 0.3) is 0 Å². The van der Waals surface area contributed by atoms with Crippen molar-refractivity contribution in [1.29, 1.82) is 0 Å². The van der Waals surface area contributed by atoms with Gasteiger partial charge in [0.05, 0.1) is 7.11 Å². The Labute approximate surface area is 95.3 Å². The molecule has 1 aromatic rings. The minimum absolute atomic E-state index is 0.326. The van der Waals surface area contributed by atoms with Gasteiger partial charge < -0.3 is 9.47 Å². The number of rotatable bonds is 5. The van der Waals surface area contributed by atoms with Gasteiger partial charge in [-0.05, 0) is 18.2 Å². The lowest BCUT2D eigenvalue weighted by Crippen LogP contribution is -2.21. The molecule has 0 saturated heterocycles. The van der Waals surface area contributed by atoms with Crippen LogP contribution in [0.5, 0.6) is 11.5 Å². The third-order valence-electron chi connectivity index (χ3n) is 1.76. The van der Waals surface area contributed by atoms with E-state index < -0.39 is 19.5 Å². The van der Waals surface area contributed by atoms with E-state index in [-0.39, 0.29) is 0 Å². The van der Waals surface area contributed by atoms with E-state index in [1.165, 1.54) is 7.11 Å². The average Bonchev–Trinajstić information content (AvgIpc) is 2.26. The first kappa shape index (κ1) is 12.2. The first-order valence-corrected chi connectivity index (χ1v) is 5.12. The first-order valence-electron chi connectivity index (χ1n) is 4.33. The predicted octanol–water partition coefficient (Wildman–Crippen LogP) is 3.14. The summed E-state index contributed by atoms with van der Waals surface area (Å²) in [6, 6.07) is 5.02. The van der Waals surface area contributed by atoms with Crippen molar-refractivity contribution in [3.63, 3.8) is 0 Å². The minimum Gasteiger partial charge on any atom is -0.493 e. The van der Waals surface area contributed by atoms with E-state index in [2.05, 4.69) is 15.9 Å². The van der Waals surface area contributed by atoms with Gasteiger partial charge in [-0.15, -0.1) is 0 Å². The van der Waals surface area contributed by atoms with Crippen LogP contribution in [0.2, 0.25) is 0 Å². The summed E-state index contributed by atoms with van der Waals surface area (Å²) in [5, 5.41) is 0. The number of hydrogen-bond donors (Lipinski definition) is 0. The summed E-state index contributed by atoms with van der Waals surface area (Å²) in [4.78, 5) is 0. The van der Waals surface area contributed by atoms with Crippen LogP contribution in [0.4, 0.5) is 8.78 Å². The van der Waals surface area contributed by atoms with Crippen molar-refractivity contribution in [3.05, 3.63) is 22.7 Å². The molecule has 0 unspecified atom stereocenters. The van der Waals surface area contributed by atoms with Crippen molar-refractivity contribution in [1.82, 2.24) is 0 Å². The quantitative estimate of drug-likeness (QED) is 0.825. The normalized spacial score (nSPS) is 10.5. The van der Waals surface area contributed by atoms with Crippen LogP contribution in [-0.4, -0.2) is 26.6 Å². The van der Waals surface area contributed by atoms with E-state index in [1.54, 1.807) is 18.2 Å². The van der Waals surface area contributed by atoms with Crippen LogP contribution < -0.4 is 9.47 Å². The molecule has 0 radical (unpaired) electrons. The van der Waals surface area contributed by atoms with Crippen LogP contribution in [0.25, 0.3) is 0 Å². The summed E-state index contributed by atoms with van der Waals surface area (Å²) in [5.74, 6) is 0.775. The molecule has 1 rings (SSSR count). The molecule has 0 amide bonds. The minimum atomic E-state index is -1.08. The zero-order chi connectivity index (χ0) is 11.3. The standard InChI is InChI=1S/C10H11BrF2O2/c1-14-9-3-2-7(11)4-10(9)15-8(5-12)6-13/h2-4,8H,5-6H2,1H3. The molecule has 2 nitrogen and oxygen atoms in total. The van der Waals surface area contributed by atoms with E-state index in [0.29, 0.717) is 11.5 Å². The molecule has 0 atom stereocenters. The van der Waals surface area contributed by atoms with E-state index in [9.17, 15) is 8.78 Å². The van der Waals surface area contributed by atoms with E-state index >= 15 is 0 Å². The number of ether oxygens (including phenoxy) is 2. The molecule has 0 saturated carbocycles. The van der Waals surface area contributed by atoms with E-state index in [0.717, 1.165) is 4.47 Å². The van der Waals surface area contributed by atoms with Crippen molar-refractivity contribution >= 4 is 15.9 Å². The number of halogens is 3. The van der Waals surface area contributed by atoms with Crippen LogP contribution in [0.3, 0.4) is 0 Å². The topological polar surface area (TPSA) is 18.5 Å². The highest BCUT2D eigenvalue weighted by molar-refractivity contribution is 9.10. The van der Waals surface area contributed by atoms with Crippen LogP contribution in [0.1, 0.15) is 0 Å². The molecule has 0 aliphatic heterocycles. The van der Waals surface area contributed by atoms with Crippen molar-refractivity contribution in [2.24, 2.45) is 0 Å². The maximum absolute atomic E-state index is 12.3. The molecule has 15 heavy (non-hydrogen) atoms. The van der Waals surface area contributed by atoms with Gasteiger partial charge >= 0.3 is 0 Å². The predicted molar refractivity (Wildman–Crippen MR) is 57.1 cm³/mol. The third-order valence-corrected chi connectivity index (χ3v) is 2.26. The van der Waals surface area contributed by atoms with Gasteiger partial charge in [0.1, 0.15) is 13.3 Å². The summed E-state index contributed by atoms with van der Waals surface area (Å²) < 4.78 is 35.4. The lowest BCUT2D eigenvalue weighted by molar-refractivity contribution is 0.129. The molecule has 0 aliphatic rings. The summed E-state index contributed by atoms with van der Waals surface area (Å²) >= 11 is 3.24. The summed E-state index contributed by atoms with van der Waals surface area (Å²) in [6.07, 6.45) is -1.08. The van der Waals surface area contributed by atoms with E-state index in [1.807, 2.05) is 0 Å². The monoisotopic (exact) mass is 280 g/mol. The molecule has 0 N–H and O–H groups in total. The third kappa shape index (κ3) is 3.34.